The molecule has 9 heteroatoms. The Morgan fingerprint density at radius 2 is 2.29 bits per heavy atom. The highest BCUT2D eigenvalue weighted by Gasteiger charge is 2.10. The van der Waals surface area contributed by atoms with Crippen molar-refractivity contribution in [2.75, 3.05) is 11.9 Å². The van der Waals surface area contributed by atoms with Crippen LogP contribution in [0.15, 0.2) is 17.2 Å². The monoisotopic (exact) mass is 291 g/mol. The summed E-state index contributed by atoms with van der Waals surface area (Å²) in [6, 6.07) is 0. The van der Waals surface area contributed by atoms with Gasteiger partial charge in [0.05, 0.1) is 6.61 Å². The highest BCUT2D eigenvalue weighted by atomic mass is 16.5. The van der Waals surface area contributed by atoms with E-state index in [4.69, 9.17) is 4.74 Å². The largest absolute Gasteiger partial charge is 0.463 e. The number of H-pyrrole nitrogens is 1. The molecule has 2 aromatic heterocycles. The molecule has 2 heterocycles. The van der Waals surface area contributed by atoms with Gasteiger partial charge in [-0.25, -0.2) is 9.78 Å². The topological polar surface area (TPSA) is 119 Å². The highest BCUT2D eigenvalue weighted by molar-refractivity contribution is 5.88. The molecular formula is C12H13N5O4. The van der Waals surface area contributed by atoms with E-state index in [0.29, 0.717) is 0 Å². The van der Waals surface area contributed by atoms with Gasteiger partial charge >= 0.3 is 5.97 Å². The number of nitrogens with one attached hydrogen (secondary N) is 2. The maximum atomic E-state index is 11.8. The summed E-state index contributed by atoms with van der Waals surface area (Å²) in [6.45, 7) is 3.25. The zero-order chi connectivity index (χ0) is 15.4. The molecule has 0 aliphatic heterocycles. The number of nitrogens with zero attached hydrogens (tertiary/aromatic N) is 3. The van der Waals surface area contributed by atoms with E-state index in [0.717, 1.165) is 0 Å². The van der Waals surface area contributed by atoms with Gasteiger partial charge in [-0.15, -0.1) is 0 Å². The molecule has 0 saturated heterocycles. The van der Waals surface area contributed by atoms with E-state index in [-0.39, 0.29) is 29.6 Å². The van der Waals surface area contributed by atoms with Gasteiger partial charge in [-0.3, -0.25) is 24.5 Å². The van der Waals surface area contributed by atoms with Crippen LogP contribution >= 0.6 is 0 Å². The predicted molar refractivity (Wildman–Crippen MR) is 74.4 cm³/mol. The Balaban J connectivity index is 2.41. The van der Waals surface area contributed by atoms with E-state index in [9.17, 15) is 14.4 Å². The van der Waals surface area contributed by atoms with Gasteiger partial charge in [0.2, 0.25) is 11.9 Å². The van der Waals surface area contributed by atoms with Crippen LogP contribution in [0.4, 0.5) is 5.95 Å². The molecule has 0 bridgehead atoms. The molecule has 0 aliphatic rings. The number of rotatable bonds is 4. The third kappa shape index (κ3) is 3.32. The fourth-order valence-electron chi connectivity index (χ4n) is 1.59. The van der Waals surface area contributed by atoms with Crippen LogP contribution in [0.1, 0.15) is 13.8 Å². The number of aromatic amines is 1. The standard InChI is InChI=1S/C12H13N5O4/c1-3-21-8(19)4-5-17-6-13-9-10(17)15-12(14-7(2)18)16-11(9)20/h4-6H,3H2,1-2H3,(H2,14,15,16,18,20)/b5-4+. The molecule has 2 aromatic rings. The third-order valence-corrected chi connectivity index (χ3v) is 2.38. The lowest BCUT2D eigenvalue weighted by atomic mass is 10.5. The number of imidazole rings is 1. The van der Waals surface area contributed by atoms with Gasteiger partial charge in [0.15, 0.2) is 11.2 Å². The summed E-state index contributed by atoms with van der Waals surface area (Å²) in [5.41, 5.74) is -0.187. The molecule has 21 heavy (non-hydrogen) atoms. The van der Waals surface area contributed by atoms with Gasteiger partial charge in [0.1, 0.15) is 6.33 Å². The molecule has 0 fully saturated rings. The fourth-order valence-corrected chi connectivity index (χ4v) is 1.59. The minimum Gasteiger partial charge on any atom is -0.463 e. The van der Waals surface area contributed by atoms with Gasteiger partial charge in [-0.05, 0) is 6.92 Å². The molecule has 0 radical (unpaired) electrons. The van der Waals surface area contributed by atoms with E-state index in [2.05, 4.69) is 20.3 Å². The second-order valence-electron chi connectivity index (χ2n) is 3.99. The van der Waals surface area contributed by atoms with Crippen molar-refractivity contribution in [3.63, 3.8) is 0 Å². The molecule has 110 valence electrons. The summed E-state index contributed by atoms with van der Waals surface area (Å²) in [4.78, 5) is 44.4. The molecule has 9 nitrogen and oxygen atoms in total. The molecule has 0 unspecified atom stereocenters. The van der Waals surface area contributed by atoms with E-state index < -0.39 is 11.5 Å². The minimum atomic E-state index is -0.522. The first-order valence-corrected chi connectivity index (χ1v) is 6.10. The van der Waals surface area contributed by atoms with E-state index >= 15 is 0 Å². The van der Waals surface area contributed by atoms with Crippen LogP contribution in [-0.2, 0) is 14.3 Å². The summed E-state index contributed by atoms with van der Waals surface area (Å²) in [7, 11) is 0. The third-order valence-electron chi connectivity index (χ3n) is 2.38. The van der Waals surface area contributed by atoms with Crippen molar-refractivity contribution in [2.24, 2.45) is 0 Å². The molecule has 0 atom stereocenters. The lowest BCUT2D eigenvalue weighted by molar-refractivity contribution is -0.137. The van der Waals surface area contributed by atoms with E-state index in [1.54, 1.807) is 6.92 Å². The van der Waals surface area contributed by atoms with Crippen molar-refractivity contribution in [1.29, 1.82) is 0 Å². The van der Waals surface area contributed by atoms with Crippen LogP contribution in [0.5, 0.6) is 0 Å². The number of fused-ring (bicyclic) bond motifs is 1. The van der Waals surface area contributed by atoms with Crippen molar-refractivity contribution >= 4 is 35.2 Å². The number of ether oxygens (including phenoxy) is 1. The Bertz CT molecular complexity index is 774. The van der Waals surface area contributed by atoms with Gasteiger partial charge in [-0.2, -0.15) is 4.98 Å². The molecule has 0 saturated carbocycles. The number of carbonyl (C=O) groups is 2. The van der Waals surface area contributed by atoms with Gasteiger partial charge in [0.25, 0.3) is 5.56 Å². The highest BCUT2D eigenvalue weighted by Crippen LogP contribution is 2.08. The fraction of sp³-hybridized carbons (Fsp3) is 0.250. The van der Waals surface area contributed by atoms with Crippen LogP contribution in [0, 0.1) is 0 Å². The number of hydrogen-bond donors (Lipinski definition) is 2. The number of aromatic nitrogens is 4. The summed E-state index contributed by atoms with van der Waals surface area (Å²) < 4.78 is 6.13. The Hall–Kier alpha value is -2.97. The van der Waals surface area contributed by atoms with E-state index in [1.165, 1.54) is 30.1 Å². The van der Waals surface area contributed by atoms with Crippen molar-refractivity contribution in [2.45, 2.75) is 13.8 Å². The van der Waals surface area contributed by atoms with Crippen molar-refractivity contribution < 1.29 is 14.3 Å². The Morgan fingerprint density at radius 1 is 1.52 bits per heavy atom. The number of anilines is 1. The van der Waals surface area contributed by atoms with Gasteiger partial charge < -0.3 is 4.74 Å². The Kier molecular flexibility index (Phi) is 4.12. The maximum absolute atomic E-state index is 11.8. The number of amides is 1. The molecule has 0 aromatic carbocycles. The minimum absolute atomic E-state index is 0.00582. The number of hydrogen-bond acceptors (Lipinski definition) is 6. The molecule has 2 rings (SSSR count). The normalized spacial score (nSPS) is 11.0. The SMILES string of the molecule is CCOC(=O)/C=C/n1cnc2c(=O)[nH]c(NC(C)=O)nc21. The summed E-state index contributed by atoms with van der Waals surface area (Å²) in [6.07, 6.45) is 3.89. The van der Waals surface area contributed by atoms with Crippen LogP contribution in [0.25, 0.3) is 17.4 Å². The van der Waals surface area contributed by atoms with Gasteiger partial charge in [-0.1, -0.05) is 0 Å². The summed E-state index contributed by atoms with van der Waals surface area (Å²) in [5.74, 6) is -0.886. The molecular weight excluding hydrogens is 278 g/mol. The summed E-state index contributed by atoms with van der Waals surface area (Å²) >= 11 is 0. The van der Waals surface area contributed by atoms with Crippen LogP contribution in [0.2, 0.25) is 0 Å². The first-order valence-electron chi connectivity index (χ1n) is 6.10. The Morgan fingerprint density at radius 3 is 2.95 bits per heavy atom. The van der Waals surface area contributed by atoms with Crippen molar-refractivity contribution in [1.82, 2.24) is 19.5 Å². The first kappa shape index (κ1) is 14.4. The number of esters is 1. The van der Waals surface area contributed by atoms with Crippen molar-refractivity contribution in [3.8, 4) is 0 Å². The first-order chi connectivity index (χ1) is 10.0. The van der Waals surface area contributed by atoms with Crippen LogP contribution < -0.4 is 10.9 Å². The van der Waals surface area contributed by atoms with Crippen molar-refractivity contribution in [3.05, 3.63) is 22.8 Å². The van der Waals surface area contributed by atoms with Gasteiger partial charge in [0, 0.05) is 19.2 Å². The zero-order valence-corrected chi connectivity index (χ0v) is 11.4. The maximum Gasteiger partial charge on any atom is 0.332 e. The average Bonchev–Trinajstić information content (AvgIpc) is 2.79. The predicted octanol–water partition coefficient (Wildman–Crippen LogP) is 0.112. The molecule has 1 amide bonds. The smallest absolute Gasteiger partial charge is 0.332 e. The second kappa shape index (κ2) is 5.99. The van der Waals surface area contributed by atoms with E-state index in [1.807, 2.05) is 0 Å². The quantitative estimate of drug-likeness (QED) is 0.609. The summed E-state index contributed by atoms with van der Waals surface area (Å²) in [5, 5.41) is 2.38. The van der Waals surface area contributed by atoms with Crippen LogP contribution in [-0.4, -0.2) is 38.0 Å². The molecule has 0 aliphatic carbocycles. The molecule has 0 spiro atoms. The van der Waals surface area contributed by atoms with Crippen LogP contribution in [0.3, 0.4) is 0 Å². The lowest BCUT2D eigenvalue weighted by Gasteiger charge is -2.01. The average molecular weight is 291 g/mol. The molecule has 2 N–H and O–H groups in total. The Labute approximate surface area is 118 Å². The zero-order valence-electron chi connectivity index (χ0n) is 11.4. The number of carbonyl (C=O) groups excluding carboxylic acids is 2. The second-order valence-corrected chi connectivity index (χ2v) is 3.99. The lowest BCUT2D eigenvalue weighted by Crippen LogP contribution is -2.16.